The summed E-state index contributed by atoms with van der Waals surface area (Å²) in [6.45, 7) is 11.0. The van der Waals surface area contributed by atoms with Crippen LogP contribution in [0.3, 0.4) is 0 Å². The molecule has 6 aliphatic heterocycles. The largest absolute Gasteiger partial charge is 0.506 e. The van der Waals surface area contributed by atoms with Crippen molar-refractivity contribution < 1.29 is 92.3 Å². The zero-order valence-electron chi connectivity index (χ0n) is 35.8. The van der Waals surface area contributed by atoms with Gasteiger partial charge in [-0.15, -0.1) is 0 Å². The first-order valence-electron chi connectivity index (χ1n) is 21.1. The van der Waals surface area contributed by atoms with Crippen molar-refractivity contribution in [3.63, 3.8) is 0 Å². The second kappa shape index (κ2) is 13.4. The Labute approximate surface area is 355 Å². The molecule has 4 bridgehead atoms. The van der Waals surface area contributed by atoms with Crippen LogP contribution in [0.5, 0.6) is 17.2 Å². The molecule has 62 heavy (non-hydrogen) atoms. The number of esters is 1. The first-order valence-corrected chi connectivity index (χ1v) is 21.1. The monoisotopic (exact) mass is 874 g/mol. The molecule has 0 radical (unpaired) electrons. The molecule has 10 rings (SSSR count). The first-order chi connectivity index (χ1) is 29.1. The summed E-state index contributed by atoms with van der Waals surface area (Å²) in [5, 5.41) is 68.6. The van der Waals surface area contributed by atoms with Gasteiger partial charge in [0.15, 0.2) is 35.7 Å². The number of aliphatic hydroxyl groups is 5. The molecule has 1 saturated carbocycles. The van der Waals surface area contributed by atoms with Gasteiger partial charge in [0.25, 0.3) is 5.79 Å². The molecule has 12 unspecified atom stereocenters. The third-order valence-corrected chi connectivity index (χ3v) is 15.1. The Morgan fingerprint density at radius 3 is 2.35 bits per heavy atom. The summed E-state index contributed by atoms with van der Waals surface area (Å²) in [5.41, 5.74) is -5.09. The van der Waals surface area contributed by atoms with E-state index in [2.05, 4.69) is 0 Å². The lowest BCUT2D eigenvalue weighted by Crippen LogP contribution is -2.69. The molecule has 340 valence electrons. The molecule has 2 spiro atoms. The van der Waals surface area contributed by atoms with Crippen molar-refractivity contribution in [1.29, 1.82) is 0 Å². The number of ether oxygens (including phenoxy) is 11. The molecule has 2 aromatic carbocycles. The minimum absolute atomic E-state index is 0.0516. The minimum atomic E-state index is -2.01. The van der Waals surface area contributed by atoms with Gasteiger partial charge in [0.1, 0.15) is 46.8 Å². The van der Waals surface area contributed by atoms with Gasteiger partial charge in [0.2, 0.25) is 5.79 Å². The van der Waals surface area contributed by atoms with Crippen molar-refractivity contribution in [2.24, 2.45) is 0 Å². The Bertz CT molecular complexity index is 2240. The summed E-state index contributed by atoms with van der Waals surface area (Å²) in [7, 11) is 2.93. The zero-order chi connectivity index (χ0) is 44.6. The van der Waals surface area contributed by atoms with Crippen LogP contribution in [0.2, 0.25) is 0 Å². The van der Waals surface area contributed by atoms with Crippen LogP contribution in [-0.2, 0) is 47.4 Å². The highest BCUT2D eigenvalue weighted by atomic mass is 16.9. The molecule has 19 nitrogen and oxygen atoms in total. The number of epoxide rings is 2. The number of aryl methyl sites for hydroxylation is 1. The van der Waals surface area contributed by atoms with Crippen molar-refractivity contribution in [2.45, 2.75) is 175 Å². The number of ketones is 1. The maximum atomic E-state index is 14.1. The van der Waals surface area contributed by atoms with Gasteiger partial charge in [-0.25, -0.2) is 0 Å². The number of phenols is 1. The number of phenolic OH excluding ortho intramolecular Hbond substituents is 1. The number of aliphatic hydroxyl groups excluding tert-OH is 3. The Kier molecular flexibility index (Phi) is 9.22. The number of carbonyl (C=O) groups is 2. The third-order valence-electron chi connectivity index (χ3n) is 15.1. The molecule has 0 amide bonds. The summed E-state index contributed by atoms with van der Waals surface area (Å²) >= 11 is 0. The van der Waals surface area contributed by atoms with Gasteiger partial charge >= 0.3 is 5.97 Å². The van der Waals surface area contributed by atoms with Crippen LogP contribution >= 0.6 is 0 Å². The third kappa shape index (κ3) is 5.05. The second-order valence-corrected chi connectivity index (χ2v) is 18.6. The van der Waals surface area contributed by atoms with Crippen LogP contribution in [0.25, 0.3) is 10.8 Å². The lowest BCUT2D eigenvalue weighted by atomic mass is 9.77. The van der Waals surface area contributed by atoms with Gasteiger partial charge in [-0.3, -0.25) is 9.59 Å². The number of aromatic hydroxyl groups is 1. The Morgan fingerprint density at radius 1 is 1.05 bits per heavy atom. The predicted octanol–water partition coefficient (Wildman–Crippen LogP) is 1.16. The van der Waals surface area contributed by atoms with E-state index in [0.717, 1.165) is 0 Å². The lowest BCUT2D eigenvalue weighted by Gasteiger charge is -2.50. The highest BCUT2D eigenvalue weighted by molar-refractivity contribution is 6.13. The number of carbonyl (C=O) groups excluding carboxylic acids is 2. The molecule has 8 aliphatic rings. The number of benzene rings is 2. The number of hydrogen-bond acceptors (Lipinski definition) is 19. The standard InChI is InChI=1S/C43H54O19/c1-15-10-21-28(33(49)30-29(34(21)53-9)23(11-22(46)32(30)48)58-26-13-38(7,50)36(16(2)55-26)57-20(6)45)35-27(15)31-37-43(60-35,59-25-12-24(47)40(51,17(3)44)18(4)56-25)39(14-54-39)41(31)42(61-37,62-41)19(5)52-8/h10,16-19,22-26,31,36-37,44,46-47,49-51H,11-14H2,1-9H3/t16?,17-,18?,19+,22+,23+,24?,25?,26?,31?,36?,37?,38?,39-,40?,41?,42?,43-/m1/s1. The van der Waals surface area contributed by atoms with Crippen LogP contribution in [-0.4, -0.2) is 159 Å². The van der Waals surface area contributed by atoms with E-state index in [-0.39, 0.29) is 53.9 Å². The van der Waals surface area contributed by atoms with Gasteiger partial charge in [-0.1, -0.05) is 0 Å². The number of hydrogen-bond donors (Lipinski definition) is 6. The fourth-order valence-corrected chi connectivity index (χ4v) is 12.1. The van der Waals surface area contributed by atoms with Crippen molar-refractivity contribution in [3.05, 3.63) is 28.3 Å². The summed E-state index contributed by atoms with van der Waals surface area (Å²) < 4.78 is 69.9. The molecule has 18 atom stereocenters. The molecule has 5 saturated heterocycles. The van der Waals surface area contributed by atoms with Crippen LogP contribution in [0.1, 0.15) is 99.9 Å². The van der Waals surface area contributed by atoms with E-state index >= 15 is 0 Å². The quantitative estimate of drug-likeness (QED) is 0.153. The number of fused-ring (bicyclic) bond motifs is 5. The van der Waals surface area contributed by atoms with Crippen molar-refractivity contribution in [2.75, 3.05) is 20.8 Å². The summed E-state index contributed by atoms with van der Waals surface area (Å²) in [5.74, 6) is -5.57. The Balaban J connectivity index is 1.11. The first kappa shape index (κ1) is 42.7. The molecular weight excluding hydrogens is 820 g/mol. The van der Waals surface area contributed by atoms with E-state index < -0.39 is 125 Å². The molecular formula is C43H54O19. The van der Waals surface area contributed by atoms with E-state index in [1.807, 2.05) is 13.8 Å². The van der Waals surface area contributed by atoms with Gasteiger partial charge in [-0.05, 0) is 53.2 Å². The van der Waals surface area contributed by atoms with E-state index in [0.29, 0.717) is 16.5 Å². The molecule has 0 aromatic heterocycles. The van der Waals surface area contributed by atoms with Crippen LogP contribution in [0.15, 0.2) is 6.07 Å². The summed E-state index contributed by atoms with van der Waals surface area (Å²) in [6, 6.07) is 1.79. The smallest absolute Gasteiger partial charge is 0.303 e. The van der Waals surface area contributed by atoms with Crippen LogP contribution in [0.4, 0.5) is 0 Å². The number of rotatable bonds is 9. The molecule has 19 heteroatoms. The molecule has 2 aliphatic carbocycles. The van der Waals surface area contributed by atoms with Gasteiger partial charge in [-0.2, -0.15) is 0 Å². The minimum Gasteiger partial charge on any atom is -0.506 e. The van der Waals surface area contributed by atoms with Crippen molar-refractivity contribution in [3.8, 4) is 17.2 Å². The average Bonchev–Trinajstić information content (AvgIpc) is 4.11. The van der Waals surface area contributed by atoms with E-state index in [1.165, 1.54) is 41.9 Å². The second-order valence-electron chi connectivity index (χ2n) is 18.6. The highest BCUT2D eigenvalue weighted by Crippen LogP contribution is 2.85. The average molecular weight is 875 g/mol. The zero-order valence-corrected chi connectivity index (χ0v) is 35.8. The number of methoxy groups -OCH3 is 2. The fraction of sp³-hybridized carbons (Fsp3) is 0.721. The van der Waals surface area contributed by atoms with Crippen molar-refractivity contribution in [1.82, 2.24) is 0 Å². The molecule has 6 heterocycles. The van der Waals surface area contributed by atoms with E-state index in [1.54, 1.807) is 13.0 Å². The molecule has 6 N–H and O–H groups in total. The summed E-state index contributed by atoms with van der Waals surface area (Å²) in [6.07, 6.45) is -13.1. The fourth-order valence-electron chi connectivity index (χ4n) is 12.1. The normalized spacial score (nSPS) is 46.7. The van der Waals surface area contributed by atoms with Gasteiger partial charge in [0, 0.05) is 49.8 Å². The van der Waals surface area contributed by atoms with Gasteiger partial charge in [0.05, 0.1) is 61.1 Å². The molecule has 6 fully saturated rings. The number of Topliss-reactive ketones (excluding diaryl/α,β-unsaturated/α-hetero) is 1. The van der Waals surface area contributed by atoms with Gasteiger partial charge < -0.3 is 82.7 Å². The maximum Gasteiger partial charge on any atom is 0.303 e. The lowest BCUT2D eigenvalue weighted by molar-refractivity contribution is -0.382. The Hall–Kier alpha value is -3.28. The predicted molar refractivity (Wildman–Crippen MR) is 206 cm³/mol. The molecule has 2 aromatic rings. The van der Waals surface area contributed by atoms with Crippen LogP contribution < -0.4 is 9.47 Å². The van der Waals surface area contributed by atoms with E-state index in [4.69, 9.17) is 52.1 Å². The topological polar surface area (TPSA) is 264 Å². The maximum absolute atomic E-state index is 14.1. The Morgan fingerprint density at radius 2 is 1.76 bits per heavy atom. The van der Waals surface area contributed by atoms with Crippen LogP contribution in [0, 0.1) is 6.92 Å². The SMILES string of the molecule is COc1c2c(c(O)c3c4c(c(C)cc13)C1C3OC5([C@H](C)OC)OC15[C@]1(CO1)[C@]3(OC1CC(O)C(O)([C@@H](C)O)C(C)O1)O4)C(=O)[C@@H](O)C[C@@H]2OC1CC(C)(O)C(OC(C)=O)C(C)O1. The summed E-state index contributed by atoms with van der Waals surface area (Å²) in [4.78, 5) is 26.0. The highest BCUT2D eigenvalue weighted by Gasteiger charge is 3.07. The van der Waals surface area contributed by atoms with Crippen molar-refractivity contribution >= 4 is 22.5 Å². The van der Waals surface area contributed by atoms with E-state index in [9.17, 15) is 40.2 Å².